The van der Waals surface area contributed by atoms with Crippen LogP contribution in [0.3, 0.4) is 0 Å². The first-order valence-corrected chi connectivity index (χ1v) is 5.73. The molecule has 0 aromatic carbocycles. The fourth-order valence-electron chi connectivity index (χ4n) is 1.92. The van der Waals surface area contributed by atoms with Crippen LogP contribution in [0.1, 0.15) is 18.2 Å². The van der Waals surface area contributed by atoms with Crippen LogP contribution >= 0.6 is 0 Å². The molecule has 2 heterocycles. The fourth-order valence-corrected chi connectivity index (χ4v) is 1.92. The molecule has 0 aliphatic carbocycles. The number of morpholine rings is 1. The number of ether oxygens (including phenoxy) is 2. The molecule has 0 radical (unpaired) electrons. The summed E-state index contributed by atoms with van der Waals surface area (Å²) in [6.07, 6.45) is 4.90. The van der Waals surface area contributed by atoms with Crippen LogP contribution in [0.15, 0.2) is 12.5 Å². The predicted octanol–water partition coefficient (Wildman–Crippen LogP) is 0.581. The Kier molecular flexibility index (Phi) is 4.33. The lowest BCUT2D eigenvalue weighted by Gasteiger charge is -2.24. The van der Waals surface area contributed by atoms with Crippen molar-refractivity contribution in [1.29, 1.82) is 0 Å². The number of aromatic nitrogens is 2. The molecular formula is C11H19N3O2. The van der Waals surface area contributed by atoms with E-state index in [4.69, 9.17) is 9.47 Å². The SMILES string of the molecule is COCCCn1cncc1C1CNCCO1. The number of imidazole rings is 1. The van der Waals surface area contributed by atoms with Gasteiger partial charge in [0.15, 0.2) is 0 Å². The van der Waals surface area contributed by atoms with E-state index < -0.39 is 0 Å². The lowest BCUT2D eigenvalue weighted by Crippen LogP contribution is -2.34. The van der Waals surface area contributed by atoms with E-state index in [-0.39, 0.29) is 6.10 Å². The van der Waals surface area contributed by atoms with Crippen molar-refractivity contribution < 1.29 is 9.47 Å². The summed E-state index contributed by atoms with van der Waals surface area (Å²) in [7, 11) is 1.73. The van der Waals surface area contributed by atoms with Crippen LogP contribution in [0.2, 0.25) is 0 Å². The summed E-state index contributed by atoms with van der Waals surface area (Å²) in [4.78, 5) is 4.19. The molecule has 0 spiro atoms. The maximum atomic E-state index is 5.71. The molecule has 0 saturated carbocycles. The first kappa shape index (κ1) is 11.6. The highest BCUT2D eigenvalue weighted by Crippen LogP contribution is 2.18. The number of nitrogens with one attached hydrogen (secondary N) is 1. The smallest absolute Gasteiger partial charge is 0.111 e. The van der Waals surface area contributed by atoms with Gasteiger partial charge < -0.3 is 19.4 Å². The average Bonchev–Trinajstić information content (AvgIpc) is 2.79. The van der Waals surface area contributed by atoms with Crippen molar-refractivity contribution in [1.82, 2.24) is 14.9 Å². The summed E-state index contributed by atoms with van der Waals surface area (Å²) < 4.78 is 12.9. The summed E-state index contributed by atoms with van der Waals surface area (Å²) in [6.45, 7) is 4.29. The number of nitrogens with zero attached hydrogens (tertiary/aromatic N) is 2. The molecule has 1 N–H and O–H groups in total. The van der Waals surface area contributed by atoms with Gasteiger partial charge in [-0.2, -0.15) is 0 Å². The zero-order valence-corrected chi connectivity index (χ0v) is 9.69. The minimum atomic E-state index is 0.138. The van der Waals surface area contributed by atoms with Gasteiger partial charge in [-0.25, -0.2) is 4.98 Å². The standard InChI is InChI=1S/C11H19N3O2/c1-15-5-2-4-14-9-13-7-10(14)11-8-12-3-6-16-11/h7,9,11-12H,2-6,8H2,1H3. The maximum absolute atomic E-state index is 5.71. The van der Waals surface area contributed by atoms with E-state index in [2.05, 4.69) is 14.9 Å². The summed E-state index contributed by atoms with van der Waals surface area (Å²) in [5.74, 6) is 0. The number of rotatable bonds is 5. The molecule has 1 aromatic rings. The topological polar surface area (TPSA) is 48.3 Å². The van der Waals surface area contributed by atoms with Gasteiger partial charge in [-0.3, -0.25) is 0 Å². The molecule has 2 rings (SSSR count). The van der Waals surface area contributed by atoms with Crippen molar-refractivity contribution in [3.8, 4) is 0 Å². The van der Waals surface area contributed by atoms with Gasteiger partial charge in [0.1, 0.15) is 6.10 Å². The normalized spacial score (nSPS) is 21.2. The van der Waals surface area contributed by atoms with E-state index >= 15 is 0 Å². The van der Waals surface area contributed by atoms with Crippen LogP contribution in [0, 0.1) is 0 Å². The molecule has 5 heteroatoms. The highest BCUT2D eigenvalue weighted by atomic mass is 16.5. The second-order valence-electron chi connectivity index (χ2n) is 3.92. The zero-order chi connectivity index (χ0) is 11.2. The van der Waals surface area contributed by atoms with Gasteiger partial charge in [-0.1, -0.05) is 0 Å². The first-order valence-electron chi connectivity index (χ1n) is 5.73. The van der Waals surface area contributed by atoms with E-state index in [1.165, 1.54) is 0 Å². The van der Waals surface area contributed by atoms with Gasteiger partial charge in [-0.15, -0.1) is 0 Å². The largest absolute Gasteiger partial charge is 0.385 e. The Bertz CT molecular complexity index is 308. The van der Waals surface area contributed by atoms with Crippen molar-refractivity contribution in [2.75, 3.05) is 33.4 Å². The highest BCUT2D eigenvalue weighted by molar-refractivity contribution is 5.04. The monoisotopic (exact) mass is 225 g/mol. The summed E-state index contributed by atoms with van der Waals surface area (Å²) in [5.41, 5.74) is 1.16. The fraction of sp³-hybridized carbons (Fsp3) is 0.727. The molecule has 1 aliphatic heterocycles. The Labute approximate surface area is 95.8 Å². The lowest BCUT2D eigenvalue weighted by atomic mass is 10.2. The quantitative estimate of drug-likeness (QED) is 0.745. The molecule has 16 heavy (non-hydrogen) atoms. The molecule has 1 unspecified atom stereocenters. The van der Waals surface area contributed by atoms with Crippen LogP contribution in [-0.2, 0) is 16.0 Å². The molecule has 0 amide bonds. The van der Waals surface area contributed by atoms with Crippen molar-refractivity contribution in [2.45, 2.75) is 19.1 Å². The molecule has 1 aliphatic rings. The second-order valence-corrected chi connectivity index (χ2v) is 3.92. The van der Waals surface area contributed by atoms with Crippen LogP contribution in [0.5, 0.6) is 0 Å². The summed E-state index contributed by atoms with van der Waals surface area (Å²) >= 11 is 0. The van der Waals surface area contributed by atoms with E-state index in [1.54, 1.807) is 7.11 Å². The molecule has 1 aromatic heterocycles. The maximum Gasteiger partial charge on any atom is 0.111 e. The predicted molar refractivity (Wildman–Crippen MR) is 60.3 cm³/mol. The van der Waals surface area contributed by atoms with E-state index in [1.807, 2.05) is 12.5 Å². The van der Waals surface area contributed by atoms with Crippen LogP contribution in [0.25, 0.3) is 0 Å². The van der Waals surface area contributed by atoms with E-state index in [0.29, 0.717) is 0 Å². The molecule has 1 fully saturated rings. The zero-order valence-electron chi connectivity index (χ0n) is 9.69. The third kappa shape index (κ3) is 2.81. The van der Waals surface area contributed by atoms with Crippen LogP contribution < -0.4 is 5.32 Å². The van der Waals surface area contributed by atoms with Gasteiger partial charge >= 0.3 is 0 Å². The van der Waals surface area contributed by atoms with Gasteiger partial charge in [0, 0.05) is 33.4 Å². The molecule has 1 atom stereocenters. The minimum absolute atomic E-state index is 0.138. The molecular weight excluding hydrogens is 206 g/mol. The van der Waals surface area contributed by atoms with Crippen molar-refractivity contribution >= 4 is 0 Å². The van der Waals surface area contributed by atoms with Crippen LogP contribution in [0.4, 0.5) is 0 Å². The van der Waals surface area contributed by atoms with Gasteiger partial charge in [-0.05, 0) is 6.42 Å². The minimum Gasteiger partial charge on any atom is -0.385 e. The molecule has 1 saturated heterocycles. The Morgan fingerprint density at radius 3 is 3.38 bits per heavy atom. The van der Waals surface area contributed by atoms with Crippen molar-refractivity contribution in [2.24, 2.45) is 0 Å². The summed E-state index contributed by atoms with van der Waals surface area (Å²) in [5, 5.41) is 3.33. The third-order valence-corrected chi connectivity index (χ3v) is 2.75. The van der Waals surface area contributed by atoms with Crippen molar-refractivity contribution in [3.05, 3.63) is 18.2 Å². The number of methoxy groups -OCH3 is 1. The molecule has 5 nitrogen and oxygen atoms in total. The Balaban J connectivity index is 1.94. The number of hydrogen-bond acceptors (Lipinski definition) is 4. The van der Waals surface area contributed by atoms with Gasteiger partial charge in [0.2, 0.25) is 0 Å². The lowest BCUT2D eigenvalue weighted by molar-refractivity contribution is 0.0225. The second kappa shape index (κ2) is 5.98. The van der Waals surface area contributed by atoms with E-state index in [9.17, 15) is 0 Å². The van der Waals surface area contributed by atoms with Gasteiger partial charge in [0.05, 0.1) is 24.8 Å². The molecule has 90 valence electrons. The van der Waals surface area contributed by atoms with Crippen molar-refractivity contribution in [3.63, 3.8) is 0 Å². The first-order chi connectivity index (χ1) is 7.92. The number of aryl methyl sites for hydroxylation is 1. The Morgan fingerprint density at radius 2 is 2.62 bits per heavy atom. The summed E-state index contributed by atoms with van der Waals surface area (Å²) in [6, 6.07) is 0. The number of hydrogen-bond donors (Lipinski definition) is 1. The highest BCUT2D eigenvalue weighted by Gasteiger charge is 2.18. The average molecular weight is 225 g/mol. The third-order valence-electron chi connectivity index (χ3n) is 2.75. The molecule has 0 bridgehead atoms. The van der Waals surface area contributed by atoms with Gasteiger partial charge in [0.25, 0.3) is 0 Å². The Hall–Kier alpha value is -0.910. The van der Waals surface area contributed by atoms with Crippen LogP contribution in [-0.4, -0.2) is 43.0 Å². The van der Waals surface area contributed by atoms with E-state index in [0.717, 1.165) is 45.0 Å². The Morgan fingerprint density at radius 1 is 1.69 bits per heavy atom.